The minimum Gasteiger partial charge on any atom is -0.328 e. The highest BCUT2D eigenvalue weighted by atomic mass is 35.5. The van der Waals surface area contributed by atoms with E-state index in [1.54, 1.807) is 0 Å². The minimum absolute atomic E-state index is 0.153. The van der Waals surface area contributed by atoms with E-state index in [-0.39, 0.29) is 5.92 Å². The lowest BCUT2D eigenvalue weighted by Crippen LogP contribution is -2.47. The van der Waals surface area contributed by atoms with E-state index in [0.29, 0.717) is 25.7 Å². The summed E-state index contributed by atoms with van der Waals surface area (Å²) in [5.74, 6) is -0.268. The van der Waals surface area contributed by atoms with E-state index in [9.17, 15) is 0 Å². The van der Waals surface area contributed by atoms with Crippen LogP contribution in [-0.2, 0) is 26.5 Å². The molecule has 0 aromatic heterocycles. The van der Waals surface area contributed by atoms with Gasteiger partial charge >= 0.3 is 0 Å². The summed E-state index contributed by atoms with van der Waals surface area (Å²) in [6, 6.07) is 8.54. The van der Waals surface area contributed by atoms with Crippen molar-refractivity contribution in [3.05, 3.63) is 35.4 Å². The van der Waals surface area contributed by atoms with Crippen LogP contribution in [0.3, 0.4) is 0 Å². The zero-order chi connectivity index (χ0) is 20.7. The Morgan fingerprint density at radius 3 is 1.75 bits per heavy atom. The number of benzene rings is 1. The highest BCUT2D eigenvalue weighted by Gasteiger charge is 2.41. The van der Waals surface area contributed by atoms with E-state index in [1.165, 1.54) is 44.1 Å². The van der Waals surface area contributed by atoms with Gasteiger partial charge in [-0.15, -0.1) is 11.6 Å². The first-order valence-corrected chi connectivity index (χ1v) is 11.7. The van der Waals surface area contributed by atoms with Crippen LogP contribution in [0, 0.1) is 5.92 Å². The van der Waals surface area contributed by atoms with Crippen LogP contribution in [0.1, 0.15) is 83.8 Å². The van der Waals surface area contributed by atoms with E-state index in [1.807, 2.05) is 20.8 Å². The molecule has 0 aliphatic rings. The van der Waals surface area contributed by atoms with Crippen molar-refractivity contribution >= 4 is 11.6 Å². The number of hydrogen-bond acceptors (Lipinski definition) is 3. The summed E-state index contributed by atoms with van der Waals surface area (Å²) in [5, 5.41) is 0. The molecule has 0 saturated carbocycles. The maximum atomic E-state index is 6.12. The van der Waals surface area contributed by atoms with Crippen molar-refractivity contribution in [2.75, 3.05) is 19.8 Å². The second-order valence-corrected chi connectivity index (χ2v) is 7.58. The fourth-order valence-corrected chi connectivity index (χ4v) is 3.88. The van der Waals surface area contributed by atoms with E-state index in [0.717, 1.165) is 18.4 Å². The number of alkyl halides is 1. The predicted molar refractivity (Wildman–Crippen MR) is 119 cm³/mol. The molecule has 4 heteroatoms. The standard InChI is InChI=1S/C24H41ClO3/c1-5-9-10-11-12-13-14-23(19-21-15-17-22(20-25)18-16-21)24(26-6-2,27-7-3)28-8-4/h15-18,23H,5-14,19-20H2,1-4H3. The summed E-state index contributed by atoms with van der Waals surface area (Å²) < 4.78 is 18.4. The topological polar surface area (TPSA) is 27.7 Å². The van der Waals surface area contributed by atoms with Crippen molar-refractivity contribution in [3.63, 3.8) is 0 Å². The van der Waals surface area contributed by atoms with Gasteiger partial charge in [0, 0.05) is 31.6 Å². The van der Waals surface area contributed by atoms with Crippen molar-refractivity contribution in [1.29, 1.82) is 0 Å². The molecule has 0 aliphatic heterocycles. The van der Waals surface area contributed by atoms with E-state index in [2.05, 4.69) is 31.2 Å². The molecule has 0 fully saturated rings. The van der Waals surface area contributed by atoms with Crippen molar-refractivity contribution in [3.8, 4) is 0 Å². The Balaban J connectivity index is 2.91. The predicted octanol–water partition coefficient (Wildman–Crippen LogP) is 7.10. The van der Waals surface area contributed by atoms with Crippen LogP contribution in [-0.4, -0.2) is 25.8 Å². The number of unbranched alkanes of at least 4 members (excludes halogenated alkanes) is 5. The Morgan fingerprint density at radius 2 is 1.25 bits per heavy atom. The van der Waals surface area contributed by atoms with Crippen molar-refractivity contribution in [2.45, 2.75) is 90.9 Å². The van der Waals surface area contributed by atoms with Crippen LogP contribution >= 0.6 is 11.6 Å². The maximum absolute atomic E-state index is 6.12. The summed E-state index contributed by atoms with van der Waals surface area (Å²) in [5.41, 5.74) is 2.41. The van der Waals surface area contributed by atoms with Gasteiger partial charge in [-0.05, 0) is 44.7 Å². The van der Waals surface area contributed by atoms with Gasteiger partial charge in [-0.3, -0.25) is 0 Å². The zero-order valence-corrected chi connectivity index (χ0v) is 19.2. The Bertz CT molecular complexity index is 472. The molecular formula is C24H41ClO3. The van der Waals surface area contributed by atoms with Gasteiger partial charge in [-0.25, -0.2) is 0 Å². The maximum Gasteiger partial charge on any atom is 0.286 e. The third-order valence-electron chi connectivity index (χ3n) is 5.10. The van der Waals surface area contributed by atoms with Gasteiger partial charge in [-0.1, -0.05) is 69.7 Å². The van der Waals surface area contributed by atoms with E-state index >= 15 is 0 Å². The summed E-state index contributed by atoms with van der Waals surface area (Å²) >= 11 is 5.94. The molecule has 0 N–H and O–H groups in total. The largest absolute Gasteiger partial charge is 0.328 e. The van der Waals surface area contributed by atoms with E-state index < -0.39 is 5.97 Å². The van der Waals surface area contributed by atoms with Crippen LogP contribution in [0.5, 0.6) is 0 Å². The Hall–Kier alpha value is -0.610. The molecule has 0 saturated heterocycles. The van der Waals surface area contributed by atoms with Crippen LogP contribution < -0.4 is 0 Å². The molecular weight excluding hydrogens is 372 g/mol. The summed E-state index contributed by atoms with van der Waals surface area (Å²) in [6.07, 6.45) is 9.57. The fourth-order valence-electron chi connectivity index (χ4n) is 3.71. The molecule has 0 heterocycles. The van der Waals surface area contributed by atoms with Crippen LogP contribution in [0.4, 0.5) is 0 Å². The van der Waals surface area contributed by atoms with Gasteiger partial charge in [0.25, 0.3) is 5.97 Å². The van der Waals surface area contributed by atoms with Gasteiger partial charge < -0.3 is 14.2 Å². The van der Waals surface area contributed by atoms with Crippen molar-refractivity contribution < 1.29 is 14.2 Å². The number of ether oxygens (including phenoxy) is 3. The molecule has 0 amide bonds. The minimum atomic E-state index is -0.965. The Morgan fingerprint density at radius 1 is 0.750 bits per heavy atom. The van der Waals surface area contributed by atoms with Gasteiger partial charge in [0.1, 0.15) is 0 Å². The smallest absolute Gasteiger partial charge is 0.286 e. The van der Waals surface area contributed by atoms with Crippen LogP contribution in [0.2, 0.25) is 0 Å². The summed E-state index contributed by atoms with van der Waals surface area (Å²) in [4.78, 5) is 0. The molecule has 0 spiro atoms. The first kappa shape index (κ1) is 25.4. The summed E-state index contributed by atoms with van der Waals surface area (Å²) in [6.45, 7) is 9.97. The van der Waals surface area contributed by atoms with E-state index in [4.69, 9.17) is 25.8 Å². The van der Waals surface area contributed by atoms with Crippen molar-refractivity contribution in [1.82, 2.24) is 0 Å². The molecule has 1 aromatic rings. The normalized spacial score (nSPS) is 13.0. The molecule has 1 rings (SSSR count). The van der Waals surface area contributed by atoms with Gasteiger partial charge in [0.2, 0.25) is 0 Å². The average Bonchev–Trinajstić information content (AvgIpc) is 2.70. The first-order valence-electron chi connectivity index (χ1n) is 11.2. The lowest BCUT2D eigenvalue weighted by Gasteiger charge is -2.39. The number of halogens is 1. The molecule has 1 aromatic carbocycles. The molecule has 28 heavy (non-hydrogen) atoms. The molecule has 1 atom stereocenters. The van der Waals surface area contributed by atoms with Crippen molar-refractivity contribution in [2.24, 2.45) is 5.92 Å². The fraction of sp³-hybridized carbons (Fsp3) is 0.750. The van der Waals surface area contributed by atoms with Gasteiger partial charge in [0.15, 0.2) is 0 Å². The Labute approximate surface area is 178 Å². The Kier molecular flexibility index (Phi) is 13.9. The molecule has 0 bridgehead atoms. The summed E-state index contributed by atoms with van der Waals surface area (Å²) in [7, 11) is 0. The number of rotatable bonds is 17. The lowest BCUT2D eigenvalue weighted by molar-refractivity contribution is -0.402. The lowest BCUT2D eigenvalue weighted by atomic mass is 9.90. The van der Waals surface area contributed by atoms with Gasteiger partial charge in [-0.2, -0.15) is 0 Å². The molecule has 1 unspecified atom stereocenters. The van der Waals surface area contributed by atoms with Crippen LogP contribution in [0.25, 0.3) is 0 Å². The molecule has 3 nitrogen and oxygen atoms in total. The second-order valence-electron chi connectivity index (χ2n) is 7.31. The molecule has 0 aliphatic carbocycles. The molecule has 162 valence electrons. The van der Waals surface area contributed by atoms with Crippen LogP contribution in [0.15, 0.2) is 24.3 Å². The average molecular weight is 413 g/mol. The number of hydrogen-bond donors (Lipinski definition) is 0. The highest BCUT2D eigenvalue weighted by molar-refractivity contribution is 6.17. The highest BCUT2D eigenvalue weighted by Crippen LogP contribution is 2.33. The zero-order valence-electron chi connectivity index (χ0n) is 18.5. The molecule has 0 radical (unpaired) electrons. The SMILES string of the molecule is CCCCCCCCC(Cc1ccc(CCl)cc1)C(OCC)(OCC)OCC. The van der Waals surface area contributed by atoms with Gasteiger partial charge in [0.05, 0.1) is 0 Å². The third kappa shape index (κ3) is 8.82. The monoisotopic (exact) mass is 412 g/mol. The first-order chi connectivity index (χ1) is 13.7. The quantitative estimate of drug-likeness (QED) is 0.155. The second kappa shape index (κ2) is 15.3. The third-order valence-corrected chi connectivity index (χ3v) is 5.41.